The Labute approximate surface area is 105 Å². The van der Waals surface area contributed by atoms with Crippen LogP contribution in [0.15, 0.2) is 0 Å². The van der Waals surface area contributed by atoms with E-state index < -0.39 is 0 Å². The third-order valence-electron chi connectivity index (χ3n) is 5.05. The van der Waals surface area contributed by atoms with Crippen LogP contribution in [-0.2, 0) is 4.74 Å². The molecule has 0 aromatic rings. The van der Waals surface area contributed by atoms with Crippen molar-refractivity contribution in [3.05, 3.63) is 0 Å². The van der Waals surface area contributed by atoms with Crippen LogP contribution < -0.4 is 5.32 Å². The van der Waals surface area contributed by atoms with Crippen LogP contribution in [-0.4, -0.2) is 49.3 Å². The Kier molecular flexibility index (Phi) is 3.69. The van der Waals surface area contributed by atoms with Crippen LogP contribution in [0, 0.1) is 0 Å². The van der Waals surface area contributed by atoms with Gasteiger partial charge in [0.05, 0.1) is 6.10 Å². The second-order valence-electron chi connectivity index (χ2n) is 6.09. The lowest BCUT2D eigenvalue weighted by molar-refractivity contribution is 0.0373. The maximum Gasteiger partial charge on any atom is 0.0572 e. The highest BCUT2D eigenvalue weighted by Gasteiger charge is 2.33. The van der Waals surface area contributed by atoms with E-state index in [1.54, 1.807) is 0 Å². The van der Waals surface area contributed by atoms with Crippen LogP contribution in [0.3, 0.4) is 0 Å². The van der Waals surface area contributed by atoms with Gasteiger partial charge in [0.2, 0.25) is 0 Å². The third-order valence-corrected chi connectivity index (χ3v) is 5.05. The van der Waals surface area contributed by atoms with E-state index in [0.717, 1.165) is 18.1 Å². The summed E-state index contributed by atoms with van der Waals surface area (Å²) in [6.07, 6.45) is 9.92. The fourth-order valence-electron chi connectivity index (χ4n) is 3.95. The molecule has 0 aromatic heterocycles. The first-order chi connectivity index (χ1) is 8.35. The van der Waals surface area contributed by atoms with E-state index in [9.17, 15) is 0 Å². The average molecular weight is 238 g/mol. The minimum absolute atomic E-state index is 0.535. The van der Waals surface area contributed by atoms with E-state index in [0.29, 0.717) is 6.10 Å². The van der Waals surface area contributed by atoms with Crippen molar-refractivity contribution in [2.24, 2.45) is 0 Å². The molecular formula is C14H26N2O. The minimum Gasteiger partial charge on any atom is -0.381 e. The molecule has 3 nitrogen and oxygen atoms in total. The number of rotatable bonds is 2. The topological polar surface area (TPSA) is 24.5 Å². The predicted octanol–water partition coefficient (Wildman–Crippen LogP) is 1.77. The molecule has 0 amide bonds. The summed E-state index contributed by atoms with van der Waals surface area (Å²) in [5.41, 5.74) is 0. The Morgan fingerprint density at radius 2 is 1.71 bits per heavy atom. The van der Waals surface area contributed by atoms with Gasteiger partial charge >= 0.3 is 0 Å². The van der Waals surface area contributed by atoms with Crippen molar-refractivity contribution in [2.75, 3.05) is 20.2 Å². The summed E-state index contributed by atoms with van der Waals surface area (Å²) in [7, 11) is 1.86. The monoisotopic (exact) mass is 238 g/mol. The number of nitrogens with zero attached hydrogens (tertiary/aromatic N) is 1. The molecule has 3 rings (SSSR count). The average Bonchev–Trinajstić information content (AvgIpc) is 2.69. The second-order valence-corrected chi connectivity index (χ2v) is 6.09. The molecule has 3 fully saturated rings. The van der Waals surface area contributed by atoms with Crippen LogP contribution in [0.4, 0.5) is 0 Å². The van der Waals surface area contributed by atoms with Crippen LogP contribution in [0.25, 0.3) is 0 Å². The Bertz CT molecular complexity index is 251. The fourth-order valence-corrected chi connectivity index (χ4v) is 3.95. The van der Waals surface area contributed by atoms with Gasteiger partial charge in [-0.15, -0.1) is 0 Å². The standard InChI is InChI=1S/C14H26N2O/c1-17-14-6-4-13(5-7-14)16-9-8-11-2-3-12(10-16)15-11/h11-15H,2-10H2,1H3. The number of hydrogen-bond donors (Lipinski definition) is 1. The van der Waals surface area contributed by atoms with Crippen LogP contribution >= 0.6 is 0 Å². The summed E-state index contributed by atoms with van der Waals surface area (Å²) in [4.78, 5) is 2.77. The molecule has 2 aliphatic heterocycles. The zero-order valence-corrected chi connectivity index (χ0v) is 11.0. The molecule has 1 saturated carbocycles. The van der Waals surface area contributed by atoms with Crippen LogP contribution in [0.2, 0.25) is 0 Å². The van der Waals surface area contributed by atoms with Crippen molar-refractivity contribution >= 4 is 0 Å². The Morgan fingerprint density at radius 3 is 2.47 bits per heavy atom. The lowest BCUT2D eigenvalue weighted by Crippen LogP contribution is -2.44. The van der Waals surface area contributed by atoms with E-state index in [1.807, 2.05) is 7.11 Å². The largest absolute Gasteiger partial charge is 0.381 e. The molecule has 98 valence electrons. The smallest absolute Gasteiger partial charge is 0.0572 e. The van der Waals surface area contributed by atoms with Crippen LogP contribution in [0.5, 0.6) is 0 Å². The van der Waals surface area contributed by atoms with Gasteiger partial charge in [-0.1, -0.05) is 0 Å². The molecule has 0 spiro atoms. The van der Waals surface area contributed by atoms with Gasteiger partial charge in [0, 0.05) is 31.8 Å². The zero-order chi connectivity index (χ0) is 11.7. The lowest BCUT2D eigenvalue weighted by Gasteiger charge is -2.37. The van der Waals surface area contributed by atoms with Crippen molar-refractivity contribution in [1.82, 2.24) is 10.2 Å². The van der Waals surface area contributed by atoms with Crippen molar-refractivity contribution in [2.45, 2.75) is 69.2 Å². The SMILES string of the molecule is COC1CCC(N2CCC3CCC(C2)N3)CC1. The fraction of sp³-hybridized carbons (Fsp3) is 1.00. The first kappa shape index (κ1) is 11.9. The van der Waals surface area contributed by atoms with E-state index in [4.69, 9.17) is 4.74 Å². The van der Waals surface area contributed by atoms with Gasteiger partial charge in [0.1, 0.15) is 0 Å². The number of nitrogens with one attached hydrogen (secondary N) is 1. The maximum atomic E-state index is 5.47. The van der Waals surface area contributed by atoms with Crippen molar-refractivity contribution < 1.29 is 4.74 Å². The molecule has 3 heteroatoms. The molecule has 2 saturated heterocycles. The quantitative estimate of drug-likeness (QED) is 0.793. The van der Waals surface area contributed by atoms with Gasteiger partial charge < -0.3 is 10.1 Å². The number of hydrogen-bond acceptors (Lipinski definition) is 3. The van der Waals surface area contributed by atoms with Gasteiger partial charge in [0.15, 0.2) is 0 Å². The van der Waals surface area contributed by atoms with E-state index in [-0.39, 0.29) is 0 Å². The minimum atomic E-state index is 0.535. The molecule has 2 bridgehead atoms. The molecule has 1 N–H and O–H groups in total. The highest BCUT2D eigenvalue weighted by atomic mass is 16.5. The number of ether oxygens (including phenoxy) is 1. The maximum absolute atomic E-state index is 5.47. The normalized spacial score (nSPS) is 43.6. The first-order valence-electron chi connectivity index (χ1n) is 7.38. The molecule has 1 aliphatic carbocycles. The lowest BCUT2D eigenvalue weighted by atomic mass is 9.91. The van der Waals surface area contributed by atoms with Gasteiger partial charge in [-0.3, -0.25) is 4.90 Å². The highest BCUT2D eigenvalue weighted by molar-refractivity contribution is 4.92. The number of methoxy groups -OCH3 is 1. The first-order valence-corrected chi connectivity index (χ1v) is 7.38. The van der Waals surface area contributed by atoms with Gasteiger partial charge in [-0.05, 0) is 51.5 Å². The summed E-state index contributed by atoms with van der Waals surface area (Å²) in [6, 6.07) is 2.44. The van der Waals surface area contributed by atoms with Crippen molar-refractivity contribution in [3.63, 3.8) is 0 Å². The zero-order valence-electron chi connectivity index (χ0n) is 11.0. The summed E-state index contributed by atoms with van der Waals surface area (Å²) in [6.45, 7) is 2.61. The van der Waals surface area contributed by atoms with Gasteiger partial charge in [0.25, 0.3) is 0 Å². The third kappa shape index (κ3) is 2.67. The molecule has 3 aliphatic rings. The summed E-state index contributed by atoms with van der Waals surface area (Å²) in [5.74, 6) is 0. The Hall–Kier alpha value is -0.120. The van der Waals surface area contributed by atoms with Gasteiger partial charge in [-0.25, -0.2) is 0 Å². The van der Waals surface area contributed by atoms with Crippen molar-refractivity contribution in [3.8, 4) is 0 Å². The summed E-state index contributed by atoms with van der Waals surface area (Å²) in [5, 5.41) is 3.78. The molecular weight excluding hydrogens is 212 g/mol. The van der Waals surface area contributed by atoms with E-state index >= 15 is 0 Å². The van der Waals surface area contributed by atoms with Crippen LogP contribution in [0.1, 0.15) is 44.9 Å². The highest BCUT2D eigenvalue weighted by Crippen LogP contribution is 2.28. The summed E-state index contributed by atoms with van der Waals surface area (Å²) >= 11 is 0. The Morgan fingerprint density at radius 1 is 0.941 bits per heavy atom. The molecule has 0 radical (unpaired) electrons. The second kappa shape index (κ2) is 5.25. The molecule has 2 unspecified atom stereocenters. The number of likely N-dealkylation sites (tertiary alicyclic amines) is 1. The van der Waals surface area contributed by atoms with E-state index in [2.05, 4.69) is 10.2 Å². The number of fused-ring (bicyclic) bond motifs is 2. The Balaban J connectivity index is 1.54. The molecule has 17 heavy (non-hydrogen) atoms. The van der Waals surface area contributed by atoms with Crippen molar-refractivity contribution in [1.29, 1.82) is 0 Å². The van der Waals surface area contributed by atoms with Gasteiger partial charge in [-0.2, -0.15) is 0 Å². The summed E-state index contributed by atoms with van der Waals surface area (Å²) < 4.78 is 5.47. The predicted molar refractivity (Wildman–Crippen MR) is 69.2 cm³/mol. The molecule has 2 atom stereocenters. The molecule has 2 heterocycles. The molecule has 0 aromatic carbocycles. The van der Waals surface area contributed by atoms with E-state index in [1.165, 1.54) is 58.0 Å².